The van der Waals surface area contributed by atoms with Crippen LogP contribution in [0.25, 0.3) is 4.72 Å². The number of hydrogen-bond donors (Lipinski definition) is 1. The second kappa shape index (κ2) is 4.54. The Morgan fingerprint density at radius 3 is 2.27 bits per heavy atom. The Hall–Kier alpha value is -1.21. The maximum atomic E-state index is 13.0. The molecule has 0 aliphatic heterocycles. The lowest BCUT2D eigenvalue weighted by atomic mass is 10.3. The summed E-state index contributed by atoms with van der Waals surface area (Å²) < 4.78 is 51.4. The van der Waals surface area contributed by atoms with Crippen molar-refractivity contribution in [3.8, 4) is 0 Å². The van der Waals surface area contributed by atoms with Gasteiger partial charge in [-0.1, -0.05) is 11.8 Å². The summed E-state index contributed by atoms with van der Waals surface area (Å²) in [7, 11) is -3.85. The summed E-state index contributed by atoms with van der Waals surface area (Å²) in [5.41, 5.74) is 2.56. The number of halogens is 2. The van der Waals surface area contributed by atoms with Crippen molar-refractivity contribution in [2.24, 2.45) is 0 Å². The zero-order chi connectivity index (χ0) is 11.5. The van der Waals surface area contributed by atoms with E-state index < -0.39 is 27.3 Å². The fraction of sp³-hybridized carbons (Fsp3) is 0.250. The number of benzene rings is 1. The van der Waals surface area contributed by atoms with Crippen molar-refractivity contribution >= 4 is 15.7 Å². The molecule has 0 saturated carbocycles. The van der Waals surface area contributed by atoms with Gasteiger partial charge in [0.25, 0.3) is 0 Å². The average molecular weight is 236 g/mol. The maximum Gasteiger partial charge on any atom is 0.111 e. The van der Waals surface area contributed by atoms with E-state index >= 15 is 0 Å². The van der Waals surface area contributed by atoms with E-state index in [-0.39, 0.29) is 12.3 Å². The lowest BCUT2D eigenvalue weighted by Gasteiger charge is -2.21. The predicted octanol–water partition coefficient (Wildman–Crippen LogP) is 0.542. The number of hydrogen-bond acceptors (Lipinski definition) is 2. The second-order valence-electron chi connectivity index (χ2n) is 2.80. The van der Waals surface area contributed by atoms with E-state index in [1.807, 2.05) is 0 Å². The molecule has 0 aromatic heterocycles. The van der Waals surface area contributed by atoms with Gasteiger partial charge in [-0.2, -0.15) is 0 Å². The zero-order valence-electron chi connectivity index (χ0n) is 7.78. The molecule has 1 rings (SSSR count). The fourth-order valence-corrected chi connectivity index (χ4v) is 1.85. The van der Waals surface area contributed by atoms with Crippen molar-refractivity contribution in [2.45, 2.75) is 0 Å². The molecule has 0 saturated heterocycles. The van der Waals surface area contributed by atoms with E-state index in [1.165, 1.54) is 0 Å². The minimum Gasteiger partial charge on any atom is -0.572 e. The molecule has 0 amide bonds. The van der Waals surface area contributed by atoms with Crippen molar-refractivity contribution in [3.63, 3.8) is 0 Å². The van der Waals surface area contributed by atoms with Crippen LogP contribution in [0.15, 0.2) is 18.2 Å². The fourth-order valence-electron chi connectivity index (χ4n) is 0.943. The molecule has 0 radical (unpaired) electrons. The third kappa shape index (κ3) is 3.14. The first-order valence-corrected chi connectivity index (χ1v) is 5.76. The number of nitrogens with zero attached hydrogens (tertiary/aromatic N) is 1. The Labute approximate surface area is 86.1 Å². The predicted molar refractivity (Wildman–Crippen MR) is 50.9 cm³/mol. The van der Waals surface area contributed by atoms with E-state index in [1.54, 1.807) is 0 Å². The summed E-state index contributed by atoms with van der Waals surface area (Å²) >= 11 is 0. The van der Waals surface area contributed by atoms with Crippen LogP contribution in [0.2, 0.25) is 0 Å². The van der Waals surface area contributed by atoms with Gasteiger partial charge in [-0.3, -0.25) is 0 Å². The largest absolute Gasteiger partial charge is 0.572 e. The van der Waals surface area contributed by atoms with Gasteiger partial charge in [0, 0.05) is 0 Å². The van der Waals surface area contributed by atoms with E-state index in [9.17, 15) is 17.2 Å². The lowest BCUT2D eigenvalue weighted by Crippen LogP contribution is -2.52. The first-order valence-electron chi connectivity index (χ1n) is 4.15. The molecule has 15 heavy (non-hydrogen) atoms. The number of rotatable bonds is 4. The minimum absolute atomic E-state index is 0.0991. The Bertz CT molecular complexity index is 428. The van der Waals surface area contributed by atoms with Gasteiger partial charge in [0.05, 0.1) is 22.3 Å². The van der Waals surface area contributed by atoms with Crippen LogP contribution in [0.1, 0.15) is 0 Å². The van der Waals surface area contributed by atoms with Crippen LogP contribution in [0.3, 0.4) is 0 Å². The minimum atomic E-state index is -3.85. The summed E-state index contributed by atoms with van der Waals surface area (Å²) in [6.45, 7) is 0.0991. The van der Waals surface area contributed by atoms with Crippen molar-refractivity contribution in [3.05, 3.63) is 34.6 Å². The van der Waals surface area contributed by atoms with Crippen LogP contribution in [0.5, 0.6) is 0 Å². The molecular formula is C8H10F2N2O2S. The van der Waals surface area contributed by atoms with Crippen LogP contribution in [0.4, 0.5) is 14.5 Å². The molecule has 0 aliphatic rings. The molecule has 3 N–H and O–H groups in total. The molecule has 84 valence electrons. The molecule has 0 bridgehead atoms. The lowest BCUT2D eigenvalue weighted by molar-refractivity contribution is -0.360. The molecule has 4 nitrogen and oxygen atoms in total. The SMILES string of the molecule is [NH3+]CCS(=O)(=O)[N-]c1c(F)cccc1F. The van der Waals surface area contributed by atoms with Gasteiger partial charge in [0.1, 0.15) is 11.6 Å². The first-order chi connectivity index (χ1) is 6.96. The number of quaternary nitrogens is 1. The molecule has 0 heterocycles. The van der Waals surface area contributed by atoms with Crippen molar-refractivity contribution in [2.75, 3.05) is 12.3 Å². The molecule has 0 fully saturated rings. The Balaban J connectivity index is 2.99. The van der Waals surface area contributed by atoms with Crippen LogP contribution >= 0.6 is 0 Å². The topological polar surface area (TPSA) is 75.9 Å². The summed E-state index contributed by atoms with van der Waals surface area (Å²) in [6.07, 6.45) is 0. The smallest absolute Gasteiger partial charge is 0.111 e. The molecular weight excluding hydrogens is 226 g/mol. The third-order valence-electron chi connectivity index (χ3n) is 1.57. The second-order valence-corrected chi connectivity index (χ2v) is 4.56. The van der Waals surface area contributed by atoms with Gasteiger partial charge in [-0.25, -0.2) is 17.2 Å². The quantitative estimate of drug-likeness (QED) is 0.828. The summed E-state index contributed by atoms with van der Waals surface area (Å²) in [4.78, 5) is 0. The standard InChI is InChI=1S/C8H9F2N2O2S/c9-6-2-1-3-7(10)8(6)12-15(13,14)5-4-11/h1-3H,4-5,11H2/q-1/p+1. The van der Waals surface area contributed by atoms with Crippen molar-refractivity contribution in [1.29, 1.82) is 0 Å². The molecule has 0 atom stereocenters. The first kappa shape index (κ1) is 11.9. The molecule has 0 spiro atoms. The van der Waals surface area contributed by atoms with Gasteiger partial charge in [-0.05, 0) is 12.1 Å². The van der Waals surface area contributed by atoms with Gasteiger partial charge < -0.3 is 10.5 Å². The zero-order valence-corrected chi connectivity index (χ0v) is 8.60. The molecule has 1 aromatic carbocycles. The molecule has 0 unspecified atom stereocenters. The van der Waals surface area contributed by atoms with Crippen molar-refractivity contribution < 1.29 is 22.9 Å². The van der Waals surface area contributed by atoms with Gasteiger partial charge in [-0.15, -0.1) is 0 Å². The highest BCUT2D eigenvalue weighted by atomic mass is 32.2. The van der Waals surface area contributed by atoms with E-state index in [2.05, 4.69) is 10.5 Å². The highest BCUT2D eigenvalue weighted by molar-refractivity contribution is 7.94. The Kier molecular flexibility index (Phi) is 3.59. The Morgan fingerprint density at radius 2 is 1.80 bits per heavy atom. The van der Waals surface area contributed by atoms with E-state index in [4.69, 9.17) is 0 Å². The molecule has 1 aromatic rings. The molecule has 0 aliphatic carbocycles. The molecule has 7 heteroatoms. The summed E-state index contributed by atoms with van der Waals surface area (Å²) in [5.74, 6) is -2.33. The highest BCUT2D eigenvalue weighted by Gasteiger charge is 2.05. The van der Waals surface area contributed by atoms with E-state index in [0.717, 1.165) is 18.2 Å². The van der Waals surface area contributed by atoms with Crippen LogP contribution in [-0.2, 0) is 10.0 Å². The van der Waals surface area contributed by atoms with Crippen LogP contribution in [-0.4, -0.2) is 20.7 Å². The number of sulfonamides is 1. The van der Waals surface area contributed by atoms with Gasteiger partial charge in [0.2, 0.25) is 0 Å². The normalized spacial score (nSPS) is 11.4. The van der Waals surface area contributed by atoms with Crippen LogP contribution in [0, 0.1) is 11.6 Å². The summed E-state index contributed by atoms with van der Waals surface area (Å²) in [5, 5.41) is 0. The third-order valence-corrected chi connectivity index (χ3v) is 2.84. The van der Waals surface area contributed by atoms with Gasteiger partial charge in [0.15, 0.2) is 0 Å². The van der Waals surface area contributed by atoms with Crippen LogP contribution < -0.4 is 5.73 Å². The van der Waals surface area contributed by atoms with Gasteiger partial charge >= 0.3 is 0 Å². The summed E-state index contributed by atoms with van der Waals surface area (Å²) in [6, 6.07) is 3.03. The Morgan fingerprint density at radius 1 is 1.27 bits per heavy atom. The maximum absolute atomic E-state index is 13.0. The van der Waals surface area contributed by atoms with Crippen molar-refractivity contribution in [1.82, 2.24) is 0 Å². The highest BCUT2D eigenvalue weighted by Crippen LogP contribution is 2.28. The monoisotopic (exact) mass is 236 g/mol. The van der Waals surface area contributed by atoms with E-state index in [0.29, 0.717) is 0 Å². The average Bonchev–Trinajstić information content (AvgIpc) is 2.11.